The summed E-state index contributed by atoms with van der Waals surface area (Å²) in [5.41, 5.74) is 1.46. The van der Waals surface area contributed by atoms with Gasteiger partial charge in [0.1, 0.15) is 10.6 Å². The maximum atomic E-state index is 12.6. The zero-order valence-corrected chi connectivity index (χ0v) is 17.9. The second kappa shape index (κ2) is 9.75. The Morgan fingerprint density at radius 2 is 1.79 bits per heavy atom. The zero-order valence-electron chi connectivity index (χ0n) is 17.1. The van der Waals surface area contributed by atoms with Crippen LogP contribution >= 0.6 is 0 Å². The fourth-order valence-corrected chi connectivity index (χ4v) is 4.56. The molecule has 0 aliphatic heterocycles. The van der Waals surface area contributed by atoms with Gasteiger partial charge < -0.3 is 14.8 Å². The molecule has 0 aliphatic carbocycles. The highest BCUT2D eigenvalue weighted by Crippen LogP contribution is 2.18. The number of nitrogens with zero attached hydrogens (tertiary/aromatic N) is 3. The van der Waals surface area contributed by atoms with Crippen LogP contribution in [-0.2, 0) is 17.1 Å². The molecule has 0 atom stereocenters. The third-order valence-electron chi connectivity index (χ3n) is 4.71. The highest BCUT2D eigenvalue weighted by molar-refractivity contribution is 7.89. The predicted octanol–water partition coefficient (Wildman–Crippen LogP) is 2.31. The largest absolute Gasteiger partial charge is 0.375 e. The molecule has 0 spiro atoms. The molecule has 1 N–H and O–H groups in total. The van der Waals surface area contributed by atoms with E-state index in [-0.39, 0.29) is 10.8 Å². The van der Waals surface area contributed by atoms with E-state index in [1.807, 2.05) is 37.4 Å². The van der Waals surface area contributed by atoms with E-state index in [1.54, 1.807) is 25.5 Å². The molecule has 1 amide bonds. The Hall–Kier alpha value is -2.32. The van der Waals surface area contributed by atoms with Crippen LogP contribution in [0, 0.1) is 0 Å². The summed E-state index contributed by atoms with van der Waals surface area (Å²) in [6, 6.07) is 11.5. The standard InChI is InChI=1S/C20H30N4O3S/c1-5-24(6-2)28(26,27)18-15-19(23(4)16-18)20(25)21-13-10-14-22(3)17-11-8-7-9-12-17/h7-9,11-12,15-16H,5-6,10,13-14H2,1-4H3,(H,21,25). The number of anilines is 1. The van der Waals surface area contributed by atoms with Gasteiger partial charge in [-0.05, 0) is 24.6 Å². The van der Waals surface area contributed by atoms with Crippen LogP contribution in [0.25, 0.3) is 0 Å². The fourth-order valence-electron chi connectivity index (χ4n) is 3.03. The highest BCUT2D eigenvalue weighted by atomic mass is 32.2. The lowest BCUT2D eigenvalue weighted by Crippen LogP contribution is -2.30. The summed E-state index contributed by atoms with van der Waals surface area (Å²) in [5.74, 6) is -0.272. The number of sulfonamides is 1. The summed E-state index contributed by atoms with van der Waals surface area (Å²) in [5, 5.41) is 2.87. The van der Waals surface area contributed by atoms with E-state index in [9.17, 15) is 13.2 Å². The average molecular weight is 407 g/mol. The Balaban J connectivity index is 1.93. The van der Waals surface area contributed by atoms with Crippen LogP contribution in [0.2, 0.25) is 0 Å². The van der Waals surface area contributed by atoms with Crippen molar-refractivity contribution in [3.05, 3.63) is 48.3 Å². The topological polar surface area (TPSA) is 74.7 Å². The van der Waals surface area contributed by atoms with Crippen molar-refractivity contribution in [2.45, 2.75) is 25.2 Å². The quantitative estimate of drug-likeness (QED) is 0.615. The molecule has 1 heterocycles. The predicted molar refractivity (Wildman–Crippen MR) is 112 cm³/mol. The molecule has 7 nitrogen and oxygen atoms in total. The molecule has 1 aromatic heterocycles. The third kappa shape index (κ3) is 5.14. The van der Waals surface area contributed by atoms with Crippen molar-refractivity contribution in [2.75, 3.05) is 38.1 Å². The first-order valence-electron chi connectivity index (χ1n) is 9.52. The van der Waals surface area contributed by atoms with Gasteiger partial charge in [0, 0.05) is 52.2 Å². The van der Waals surface area contributed by atoms with Crippen LogP contribution in [0.3, 0.4) is 0 Å². The lowest BCUT2D eigenvalue weighted by atomic mass is 10.3. The minimum Gasteiger partial charge on any atom is -0.375 e. The summed E-state index contributed by atoms with van der Waals surface area (Å²) in [7, 11) is 0.115. The van der Waals surface area contributed by atoms with Crippen LogP contribution in [0.5, 0.6) is 0 Å². The van der Waals surface area contributed by atoms with Gasteiger partial charge in [0.2, 0.25) is 10.0 Å². The van der Waals surface area contributed by atoms with Crippen molar-refractivity contribution in [1.29, 1.82) is 0 Å². The van der Waals surface area contributed by atoms with E-state index in [2.05, 4.69) is 10.2 Å². The van der Waals surface area contributed by atoms with E-state index in [0.29, 0.717) is 25.3 Å². The van der Waals surface area contributed by atoms with Crippen LogP contribution in [0.4, 0.5) is 5.69 Å². The summed E-state index contributed by atoms with van der Waals surface area (Å²) in [6.07, 6.45) is 2.28. The fraction of sp³-hybridized carbons (Fsp3) is 0.450. The number of aromatic nitrogens is 1. The van der Waals surface area contributed by atoms with Crippen molar-refractivity contribution in [1.82, 2.24) is 14.2 Å². The van der Waals surface area contributed by atoms with Crippen molar-refractivity contribution in [2.24, 2.45) is 7.05 Å². The molecule has 2 aromatic rings. The van der Waals surface area contributed by atoms with Gasteiger partial charge in [-0.15, -0.1) is 0 Å². The second-order valence-electron chi connectivity index (χ2n) is 6.63. The van der Waals surface area contributed by atoms with Gasteiger partial charge in [0.15, 0.2) is 0 Å². The molecule has 0 unspecified atom stereocenters. The average Bonchev–Trinajstić information content (AvgIpc) is 3.09. The minimum atomic E-state index is -3.58. The molecule has 0 fully saturated rings. The summed E-state index contributed by atoms with van der Waals surface area (Å²) < 4.78 is 28.2. The molecule has 0 saturated heterocycles. The molecule has 0 radical (unpaired) electrons. The van der Waals surface area contributed by atoms with Gasteiger partial charge in [-0.3, -0.25) is 4.79 Å². The maximum absolute atomic E-state index is 12.6. The monoisotopic (exact) mass is 406 g/mol. The molecular formula is C20H30N4O3S. The SMILES string of the molecule is CCN(CC)S(=O)(=O)c1cc(C(=O)NCCCN(C)c2ccccc2)n(C)c1. The van der Waals surface area contributed by atoms with E-state index in [4.69, 9.17) is 0 Å². The zero-order chi connectivity index (χ0) is 20.7. The van der Waals surface area contributed by atoms with Crippen LogP contribution in [0.15, 0.2) is 47.5 Å². The number of aryl methyl sites for hydroxylation is 1. The first-order chi connectivity index (χ1) is 13.3. The summed E-state index contributed by atoms with van der Waals surface area (Å²) in [4.78, 5) is 14.7. The number of para-hydroxylation sites is 1. The van der Waals surface area contributed by atoms with Crippen molar-refractivity contribution in [3.8, 4) is 0 Å². The molecule has 1 aromatic carbocycles. The normalized spacial score (nSPS) is 11.6. The van der Waals surface area contributed by atoms with Gasteiger partial charge in [-0.25, -0.2) is 8.42 Å². The van der Waals surface area contributed by atoms with E-state index < -0.39 is 10.0 Å². The van der Waals surface area contributed by atoms with Crippen molar-refractivity contribution in [3.63, 3.8) is 0 Å². The molecular weight excluding hydrogens is 376 g/mol. The Morgan fingerprint density at radius 3 is 2.39 bits per heavy atom. The summed E-state index contributed by atoms with van der Waals surface area (Å²) >= 11 is 0. The minimum absolute atomic E-state index is 0.146. The van der Waals surface area contributed by atoms with E-state index in [1.165, 1.54) is 16.6 Å². The lowest BCUT2D eigenvalue weighted by molar-refractivity contribution is 0.0945. The number of hydrogen-bond donors (Lipinski definition) is 1. The first-order valence-corrected chi connectivity index (χ1v) is 11.0. The molecule has 154 valence electrons. The number of carbonyl (C=O) groups is 1. The van der Waals surface area contributed by atoms with Crippen LogP contribution in [-0.4, -0.2) is 56.4 Å². The number of nitrogens with one attached hydrogen (secondary N) is 1. The number of benzene rings is 1. The lowest BCUT2D eigenvalue weighted by Gasteiger charge is -2.19. The Kier molecular flexibility index (Phi) is 7.65. The van der Waals surface area contributed by atoms with Crippen LogP contribution in [0.1, 0.15) is 30.8 Å². The van der Waals surface area contributed by atoms with Crippen molar-refractivity contribution >= 4 is 21.6 Å². The second-order valence-corrected chi connectivity index (χ2v) is 8.57. The molecule has 0 saturated carbocycles. The maximum Gasteiger partial charge on any atom is 0.267 e. The Bertz CT molecular complexity index is 874. The molecule has 0 bridgehead atoms. The van der Waals surface area contributed by atoms with Gasteiger partial charge in [0.25, 0.3) is 5.91 Å². The van der Waals surface area contributed by atoms with Crippen LogP contribution < -0.4 is 10.2 Å². The smallest absolute Gasteiger partial charge is 0.267 e. The number of hydrogen-bond acceptors (Lipinski definition) is 4. The summed E-state index contributed by atoms with van der Waals surface area (Å²) in [6.45, 7) is 5.70. The van der Waals surface area contributed by atoms with E-state index >= 15 is 0 Å². The molecule has 8 heteroatoms. The molecule has 0 aliphatic rings. The number of amides is 1. The Labute approximate surface area is 168 Å². The van der Waals surface area contributed by atoms with E-state index in [0.717, 1.165) is 18.7 Å². The van der Waals surface area contributed by atoms with Gasteiger partial charge >= 0.3 is 0 Å². The molecule has 2 rings (SSSR count). The van der Waals surface area contributed by atoms with Gasteiger partial charge in [0.05, 0.1) is 0 Å². The van der Waals surface area contributed by atoms with Gasteiger partial charge in [-0.1, -0.05) is 32.0 Å². The molecule has 28 heavy (non-hydrogen) atoms. The first kappa shape index (κ1) is 22.0. The van der Waals surface area contributed by atoms with Crippen molar-refractivity contribution < 1.29 is 13.2 Å². The van der Waals surface area contributed by atoms with Gasteiger partial charge in [-0.2, -0.15) is 4.31 Å². The number of carbonyl (C=O) groups excluding carboxylic acids is 1. The highest BCUT2D eigenvalue weighted by Gasteiger charge is 2.25. The Morgan fingerprint density at radius 1 is 1.14 bits per heavy atom. The third-order valence-corrected chi connectivity index (χ3v) is 6.72. The number of rotatable bonds is 10.